The summed E-state index contributed by atoms with van der Waals surface area (Å²) in [5.41, 5.74) is 1.19. The van der Waals surface area contributed by atoms with Crippen molar-refractivity contribution in [3.8, 4) is 5.75 Å². The maximum atomic E-state index is 12.4. The van der Waals surface area contributed by atoms with Crippen molar-refractivity contribution < 1.29 is 9.53 Å². The molecule has 1 amide bonds. The predicted octanol–water partition coefficient (Wildman–Crippen LogP) is 2.22. The number of ether oxygens (including phenoxy) is 1. The van der Waals surface area contributed by atoms with E-state index in [2.05, 4.69) is 5.32 Å². The summed E-state index contributed by atoms with van der Waals surface area (Å²) in [6.07, 6.45) is 1.72. The molecule has 1 unspecified atom stereocenters. The highest BCUT2D eigenvalue weighted by atomic mass is 16.5. The lowest BCUT2D eigenvalue weighted by Gasteiger charge is -2.33. The van der Waals surface area contributed by atoms with Gasteiger partial charge < -0.3 is 15.0 Å². The van der Waals surface area contributed by atoms with Crippen LogP contribution in [0.1, 0.15) is 25.3 Å². The molecule has 1 atom stereocenters. The Kier molecular flexibility index (Phi) is 5.62. The van der Waals surface area contributed by atoms with Gasteiger partial charge in [-0.2, -0.15) is 0 Å². The number of benzene rings is 1. The maximum Gasteiger partial charge on any atom is 0.263 e. The molecule has 1 saturated heterocycles. The number of carbonyl (C=O) groups excluding carboxylic acids is 1. The van der Waals surface area contributed by atoms with Crippen LogP contribution in [0.4, 0.5) is 0 Å². The van der Waals surface area contributed by atoms with Gasteiger partial charge in [0.2, 0.25) is 0 Å². The topological polar surface area (TPSA) is 41.6 Å². The van der Waals surface area contributed by atoms with Gasteiger partial charge in [0.15, 0.2) is 6.10 Å². The average Bonchev–Trinajstić information content (AvgIpc) is 2.50. The van der Waals surface area contributed by atoms with Gasteiger partial charge >= 0.3 is 0 Å². The Labute approximate surface area is 127 Å². The van der Waals surface area contributed by atoms with Crippen LogP contribution in [0.25, 0.3) is 0 Å². The third-order valence-corrected chi connectivity index (χ3v) is 4.10. The lowest BCUT2D eigenvalue weighted by atomic mass is 9.96. The molecule has 2 rings (SSSR count). The minimum absolute atomic E-state index is 0.0958. The van der Waals surface area contributed by atoms with Crippen molar-refractivity contribution in [2.75, 3.05) is 26.7 Å². The van der Waals surface area contributed by atoms with Gasteiger partial charge in [-0.15, -0.1) is 0 Å². The van der Waals surface area contributed by atoms with Crippen LogP contribution in [0.5, 0.6) is 5.75 Å². The van der Waals surface area contributed by atoms with Crippen LogP contribution in [-0.2, 0) is 4.79 Å². The first-order valence-electron chi connectivity index (χ1n) is 7.77. The van der Waals surface area contributed by atoms with Gasteiger partial charge in [0.1, 0.15) is 5.75 Å². The number of rotatable bonds is 5. The number of likely N-dealkylation sites (tertiary alicyclic amines) is 1. The second kappa shape index (κ2) is 7.46. The minimum atomic E-state index is -0.423. The van der Waals surface area contributed by atoms with Crippen LogP contribution in [0.3, 0.4) is 0 Å². The SMILES string of the molecule is CNCC1CCN(C(=O)C(C)Oc2ccc(C)cc2)CC1. The molecule has 0 saturated carbocycles. The number of hydrogen-bond acceptors (Lipinski definition) is 3. The Hall–Kier alpha value is -1.55. The minimum Gasteiger partial charge on any atom is -0.481 e. The summed E-state index contributed by atoms with van der Waals surface area (Å²) in [5.74, 6) is 1.54. The molecule has 1 fully saturated rings. The summed E-state index contributed by atoms with van der Waals surface area (Å²) in [4.78, 5) is 14.4. The standard InChI is InChI=1S/C17H26N2O2/c1-13-4-6-16(7-5-13)21-14(2)17(20)19-10-8-15(9-11-19)12-18-3/h4-7,14-15,18H,8-12H2,1-3H3. The summed E-state index contributed by atoms with van der Waals surface area (Å²) in [5, 5.41) is 3.21. The van der Waals surface area contributed by atoms with E-state index < -0.39 is 6.10 Å². The Balaban J connectivity index is 1.84. The predicted molar refractivity (Wildman–Crippen MR) is 84.5 cm³/mol. The molecule has 4 heteroatoms. The maximum absolute atomic E-state index is 12.4. The van der Waals surface area contributed by atoms with Gasteiger partial charge in [-0.3, -0.25) is 4.79 Å². The first-order valence-corrected chi connectivity index (χ1v) is 7.77. The Bertz CT molecular complexity index is 450. The molecular formula is C17H26N2O2. The van der Waals surface area contributed by atoms with E-state index >= 15 is 0 Å². The highest BCUT2D eigenvalue weighted by molar-refractivity contribution is 5.81. The van der Waals surface area contributed by atoms with E-state index in [4.69, 9.17) is 4.74 Å². The van der Waals surface area contributed by atoms with E-state index in [0.717, 1.165) is 38.2 Å². The van der Waals surface area contributed by atoms with Gasteiger partial charge in [0.05, 0.1) is 0 Å². The summed E-state index contributed by atoms with van der Waals surface area (Å²) in [7, 11) is 1.98. The normalized spacial score (nSPS) is 17.6. The lowest BCUT2D eigenvalue weighted by molar-refractivity contribution is -0.139. The Morgan fingerprint density at radius 1 is 1.33 bits per heavy atom. The van der Waals surface area contributed by atoms with Crippen LogP contribution in [0.15, 0.2) is 24.3 Å². The van der Waals surface area contributed by atoms with Crippen molar-refractivity contribution >= 4 is 5.91 Å². The van der Waals surface area contributed by atoms with Crippen LogP contribution in [0.2, 0.25) is 0 Å². The van der Waals surface area contributed by atoms with E-state index in [1.807, 2.05) is 50.1 Å². The third kappa shape index (κ3) is 4.46. The quantitative estimate of drug-likeness (QED) is 0.904. The highest BCUT2D eigenvalue weighted by Crippen LogP contribution is 2.19. The van der Waals surface area contributed by atoms with Crippen molar-refractivity contribution in [1.82, 2.24) is 10.2 Å². The number of amides is 1. The first kappa shape index (κ1) is 15.8. The Morgan fingerprint density at radius 2 is 1.95 bits per heavy atom. The molecule has 1 aliphatic heterocycles. The van der Waals surface area contributed by atoms with Gasteiger partial charge in [-0.1, -0.05) is 17.7 Å². The molecule has 4 nitrogen and oxygen atoms in total. The smallest absolute Gasteiger partial charge is 0.263 e. The van der Waals surface area contributed by atoms with Crippen LogP contribution in [0, 0.1) is 12.8 Å². The zero-order valence-corrected chi connectivity index (χ0v) is 13.3. The zero-order valence-electron chi connectivity index (χ0n) is 13.3. The van der Waals surface area contributed by atoms with E-state index in [1.54, 1.807) is 0 Å². The van der Waals surface area contributed by atoms with Crippen LogP contribution in [-0.4, -0.2) is 43.6 Å². The monoisotopic (exact) mass is 290 g/mol. The number of nitrogens with one attached hydrogen (secondary N) is 1. The van der Waals surface area contributed by atoms with Gasteiger partial charge in [-0.05, 0) is 58.3 Å². The fourth-order valence-corrected chi connectivity index (χ4v) is 2.77. The molecule has 0 aromatic heterocycles. The van der Waals surface area contributed by atoms with Crippen molar-refractivity contribution in [2.24, 2.45) is 5.92 Å². The second-order valence-corrected chi connectivity index (χ2v) is 5.90. The van der Waals surface area contributed by atoms with Gasteiger partial charge in [0.25, 0.3) is 5.91 Å². The average molecular weight is 290 g/mol. The zero-order chi connectivity index (χ0) is 15.2. The lowest BCUT2D eigenvalue weighted by Crippen LogP contribution is -2.45. The highest BCUT2D eigenvalue weighted by Gasteiger charge is 2.26. The van der Waals surface area contributed by atoms with E-state index in [-0.39, 0.29) is 5.91 Å². The van der Waals surface area contributed by atoms with Crippen LogP contribution < -0.4 is 10.1 Å². The number of carbonyl (C=O) groups is 1. The first-order chi connectivity index (χ1) is 10.1. The number of aryl methyl sites for hydroxylation is 1. The summed E-state index contributed by atoms with van der Waals surface area (Å²) in [6.45, 7) is 6.59. The van der Waals surface area contributed by atoms with Crippen molar-refractivity contribution in [2.45, 2.75) is 32.8 Å². The fourth-order valence-electron chi connectivity index (χ4n) is 2.77. The van der Waals surface area contributed by atoms with E-state index in [9.17, 15) is 4.79 Å². The molecule has 0 radical (unpaired) electrons. The number of nitrogens with zero attached hydrogens (tertiary/aromatic N) is 1. The molecule has 1 aliphatic rings. The van der Waals surface area contributed by atoms with E-state index in [1.165, 1.54) is 5.56 Å². The van der Waals surface area contributed by atoms with Crippen molar-refractivity contribution in [1.29, 1.82) is 0 Å². The van der Waals surface area contributed by atoms with Crippen LogP contribution >= 0.6 is 0 Å². The molecule has 21 heavy (non-hydrogen) atoms. The number of piperidine rings is 1. The molecule has 0 spiro atoms. The van der Waals surface area contributed by atoms with Gasteiger partial charge in [0, 0.05) is 13.1 Å². The molecule has 1 N–H and O–H groups in total. The van der Waals surface area contributed by atoms with E-state index in [0.29, 0.717) is 5.92 Å². The fraction of sp³-hybridized carbons (Fsp3) is 0.588. The second-order valence-electron chi connectivity index (χ2n) is 5.90. The molecule has 0 bridgehead atoms. The largest absolute Gasteiger partial charge is 0.481 e. The molecule has 0 aliphatic carbocycles. The summed E-state index contributed by atoms with van der Waals surface area (Å²) >= 11 is 0. The van der Waals surface area contributed by atoms with Crippen molar-refractivity contribution in [3.05, 3.63) is 29.8 Å². The molecule has 116 valence electrons. The summed E-state index contributed by atoms with van der Waals surface area (Å²) in [6, 6.07) is 7.82. The molecular weight excluding hydrogens is 264 g/mol. The van der Waals surface area contributed by atoms with Crippen molar-refractivity contribution in [3.63, 3.8) is 0 Å². The molecule has 1 aromatic carbocycles. The molecule has 1 heterocycles. The van der Waals surface area contributed by atoms with Gasteiger partial charge in [-0.25, -0.2) is 0 Å². The third-order valence-electron chi connectivity index (χ3n) is 4.10. The number of hydrogen-bond donors (Lipinski definition) is 1. The Morgan fingerprint density at radius 3 is 2.52 bits per heavy atom. The summed E-state index contributed by atoms with van der Waals surface area (Å²) < 4.78 is 5.76. The molecule has 1 aromatic rings.